The predicted molar refractivity (Wildman–Crippen MR) is 110 cm³/mol. The van der Waals surface area contributed by atoms with Crippen molar-refractivity contribution < 1.29 is 28.7 Å². The molecule has 2 aliphatic heterocycles. The quantitative estimate of drug-likeness (QED) is 0.292. The second-order valence-electron chi connectivity index (χ2n) is 7.47. The van der Waals surface area contributed by atoms with Crippen molar-refractivity contribution in [3.05, 3.63) is 29.3 Å². The lowest BCUT2D eigenvalue weighted by atomic mass is 10.0. The highest BCUT2D eigenvalue weighted by atomic mass is 16.5. The molecule has 0 radical (unpaired) electrons. The summed E-state index contributed by atoms with van der Waals surface area (Å²) >= 11 is 0. The third-order valence-corrected chi connectivity index (χ3v) is 5.38. The van der Waals surface area contributed by atoms with Crippen molar-refractivity contribution in [3.8, 4) is 0 Å². The van der Waals surface area contributed by atoms with Gasteiger partial charge in [0.25, 0.3) is 5.91 Å². The topological polar surface area (TPSA) is 134 Å². The number of piperidine rings is 1. The van der Waals surface area contributed by atoms with Crippen LogP contribution in [0.5, 0.6) is 0 Å². The summed E-state index contributed by atoms with van der Waals surface area (Å²) in [5.74, 6) is -1.53. The molecule has 2 aliphatic rings. The van der Waals surface area contributed by atoms with Crippen molar-refractivity contribution in [1.29, 1.82) is 0 Å². The lowest BCUT2D eigenvalue weighted by Crippen LogP contribution is -2.52. The van der Waals surface area contributed by atoms with E-state index in [1.807, 2.05) is 0 Å². The number of methoxy groups -OCH3 is 1. The monoisotopic (exact) mass is 430 g/mol. The smallest absolute Gasteiger partial charge is 0.305 e. The molecule has 1 atom stereocenters. The maximum absolute atomic E-state index is 12.8. The van der Waals surface area contributed by atoms with Gasteiger partial charge in [0.15, 0.2) is 0 Å². The first-order chi connectivity index (χ1) is 14.9. The SMILES string of the molecule is COC(=O)CCCCNC(=O)CNc1cccc2c1CN(C1CCC(=O)NC1=O)C2=O. The van der Waals surface area contributed by atoms with E-state index in [2.05, 4.69) is 20.7 Å². The fraction of sp³-hybridized carbons (Fsp3) is 0.476. The number of carbonyl (C=O) groups is 5. The number of fused-ring (bicyclic) bond motifs is 1. The second kappa shape index (κ2) is 10.1. The molecule has 166 valence electrons. The van der Waals surface area contributed by atoms with E-state index in [0.29, 0.717) is 43.5 Å². The molecular formula is C21H26N4O6. The van der Waals surface area contributed by atoms with Crippen molar-refractivity contribution in [2.75, 3.05) is 25.5 Å². The van der Waals surface area contributed by atoms with Crippen LogP contribution in [0.1, 0.15) is 48.0 Å². The highest BCUT2D eigenvalue weighted by Gasteiger charge is 2.39. The van der Waals surface area contributed by atoms with E-state index in [0.717, 1.165) is 5.56 Å². The zero-order chi connectivity index (χ0) is 22.4. The molecule has 2 heterocycles. The summed E-state index contributed by atoms with van der Waals surface area (Å²) in [5.41, 5.74) is 1.86. The Morgan fingerprint density at radius 1 is 1.23 bits per heavy atom. The Hall–Kier alpha value is -3.43. The van der Waals surface area contributed by atoms with Gasteiger partial charge in [0, 0.05) is 42.7 Å². The lowest BCUT2D eigenvalue weighted by Gasteiger charge is -2.29. The van der Waals surface area contributed by atoms with Crippen LogP contribution in [-0.4, -0.2) is 60.7 Å². The van der Waals surface area contributed by atoms with Gasteiger partial charge in [-0.05, 0) is 31.4 Å². The molecule has 0 aliphatic carbocycles. The molecular weight excluding hydrogens is 404 g/mol. The van der Waals surface area contributed by atoms with Crippen LogP contribution in [-0.2, 0) is 30.5 Å². The average molecular weight is 430 g/mol. The minimum Gasteiger partial charge on any atom is -0.469 e. The van der Waals surface area contributed by atoms with Crippen molar-refractivity contribution in [2.24, 2.45) is 0 Å². The number of unbranched alkanes of at least 4 members (excludes halogenated alkanes) is 1. The van der Waals surface area contributed by atoms with Gasteiger partial charge in [-0.1, -0.05) is 6.07 Å². The number of imide groups is 1. The van der Waals surface area contributed by atoms with Crippen LogP contribution in [0.15, 0.2) is 18.2 Å². The van der Waals surface area contributed by atoms with Crippen LogP contribution in [0.25, 0.3) is 0 Å². The number of benzene rings is 1. The van der Waals surface area contributed by atoms with E-state index < -0.39 is 11.9 Å². The van der Waals surface area contributed by atoms with Crippen LogP contribution in [0, 0.1) is 0 Å². The molecule has 1 aromatic carbocycles. The molecule has 10 nitrogen and oxygen atoms in total. The molecule has 0 aromatic heterocycles. The highest BCUT2D eigenvalue weighted by molar-refractivity contribution is 6.06. The zero-order valence-electron chi connectivity index (χ0n) is 17.4. The maximum Gasteiger partial charge on any atom is 0.305 e. The fourth-order valence-electron chi connectivity index (χ4n) is 3.71. The van der Waals surface area contributed by atoms with Crippen molar-refractivity contribution in [3.63, 3.8) is 0 Å². The Morgan fingerprint density at radius 2 is 2.03 bits per heavy atom. The highest BCUT2D eigenvalue weighted by Crippen LogP contribution is 2.32. The van der Waals surface area contributed by atoms with E-state index in [-0.39, 0.29) is 43.2 Å². The van der Waals surface area contributed by atoms with Crippen LogP contribution in [0.4, 0.5) is 5.69 Å². The lowest BCUT2D eigenvalue weighted by molar-refractivity contribution is -0.141. The number of rotatable bonds is 9. The number of hydrogen-bond donors (Lipinski definition) is 3. The van der Waals surface area contributed by atoms with Crippen LogP contribution < -0.4 is 16.0 Å². The Balaban J connectivity index is 1.52. The second-order valence-corrected chi connectivity index (χ2v) is 7.47. The van der Waals surface area contributed by atoms with Gasteiger partial charge in [0.05, 0.1) is 13.7 Å². The third kappa shape index (κ3) is 5.39. The third-order valence-electron chi connectivity index (χ3n) is 5.38. The number of ether oxygens (including phenoxy) is 1. The Bertz CT molecular complexity index is 900. The predicted octanol–water partition coefficient (Wildman–Crippen LogP) is 0.319. The van der Waals surface area contributed by atoms with E-state index in [9.17, 15) is 24.0 Å². The van der Waals surface area contributed by atoms with Gasteiger partial charge in [-0.15, -0.1) is 0 Å². The zero-order valence-corrected chi connectivity index (χ0v) is 17.4. The molecule has 10 heteroatoms. The van der Waals surface area contributed by atoms with Gasteiger partial charge in [0.2, 0.25) is 17.7 Å². The normalized spacial score (nSPS) is 17.8. The molecule has 3 rings (SSSR count). The molecule has 0 saturated carbocycles. The van der Waals surface area contributed by atoms with Gasteiger partial charge in [-0.25, -0.2) is 0 Å². The van der Waals surface area contributed by atoms with Gasteiger partial charge in [0.1, 0.15) is 6.04 Å². The first kappa shape index (κ1) is 22.3. The molecule has 4 amide bonds. The summed E-state index contributed by atoms with van der Waals surface area (Å²) in [6, 6.07) is 4.51. The minimum absolute atomic E-state index is 0.0278. The number of anilines is 1. The number of esters is 1. The number of hydrogen-bond acceptors (Lipinski definition) is 7. The van der Waals surface area contributed by atoms with E-state index in [4.69, 9.17) is 0 Å². The first-order valence-corrected chi connectivity index (χ1v) is 10.2. The average Bonchev–Trinajstić information content (AvgIpc) is 3.08. The number of amides is 4. The van der Waals surface area contributed by atoms with Gasteiger partial charge >= 0.3 is 5.97 Å². The molecule has 31 heavy (non-hydrogen) atoms. The number of carbonyl (C=O) groups excluding carboxylic acids is 5. The van der Waals surface area contributed by atoms with E-state index in [1.165, 1.54) is 12.0 Å². The molecule has 1 aromatic rings. The van der Waals surface area contributed by atoms with Crippen molar-refractivity contribution in [1.82, 2.24) is 15.5 Å². The van der Waals surface area contributed by atoms with Crippen molar-refractivity contribution >= 4 is 35.3 Å². The summed E-state index contributed by atoms with van der Waals surface area (Å²) in [4.78, 5) is 61.0. The Morgan fingerprint density at radius 3 is 2.77 bits per heavy atom. The molecule has 3 N–H and O–H groups in total. The molecule has 0 spiro atoms. The summed E-state index contributed by atoms with van der Waals surface area (Å²) < 4.78 is 4.57. The van der Waals surface area contributed by atoms with Gasteiger partial charge in [-0.3, -0.25) is 29.3 Å². The van der Waals surface area contributed by atoms with Gasteiger partial charge in [-0.2, -0.15) is 0 Å². The van der Waals surface area contributed by atoms with E-state index in [1.54, 1.807) is 18.2 Å². The Labute approximate surface area is 179 Å². The first-order valence-electron chi connectivity index (χ1n) is 10.2. The van der Waals surface area contributed by atoms with Crippen LogP contribution >= 0.6 is 0 Å². The summed E-state index contributed by atoms with van der Waals surface area (Å²) in [6.45, 7) is 0.713. The number of nitrogens with zero attached hydrogens (tertiary/aromatic N) is 1. The summed E-state index contributed by atoms with van der Waals surface area (Å²) in [7, 11) is 1.34. The largest absolute Gasteiger partial charge is 0.469 e. The molecule has 0 bridgehead atoms. The van der Waals surface area contributed by atoms with Crippen LogP contribution in [0.2, 0.25) is 0 Å². The molecule has 1 saturated heterocycles. The van der Waals surface area contributed by atoms with Crippen molar-refractivity contribution in [2.45, 2.75) is 44.7 Å². The minimum atomic E-state index is -0.682. The summed E-state index contributed by atoms with van der Waals surface area (Å²) in [5, 5.41) is 8.11. The van der Waals surface area contributed by atoms with E-state index >= 15 is 0 Å². The van der Waals surface area contributed by atoms with Gasteiger partial charge < -0.3 is 20.3 Å². The molecule has 1 unspecified atom stereocenters. The Kier molecular flexibility index (Phi) is 7.22. The van der Waals surface area contributed by atoms with Crippen LogP contribution in [0.3, 0.4) is 0 Å². The standard InChI is InChI=1S/C21H26N4O6/c1-31-19(28)7-2-3-10-22-18(27)11-23-15-6-4-5-13-14(15)12-25(21(13)30)16-8-9-17(26)24-20(16)29/h4-6,16,23H,2-3,7-12H2,1H3,(H,22,27)(H,24,26,29). The maximum atomic E-state index is 12.8. The summed E-state index contributed by atoms with van der Waals surface area (Å²) in [6.07, 6.45) is 2.10. The number of nitrogens with one attached hydrogen (secondary N) is 3. The fourth-order valence-corrected chi connectivity index (χ4v) is 3.71. The molecule has 1 fully saturated rings.